The summed E-state index contributed by atoms with van der Waals surface area (Å²) in [7, 11) is 0. The highest BCUT2D eigenvalue weighted by Crippen LogP contribution is 2.31. The Morgan fingerprint density at radius 1 is 0.920 bits per heavy atom. The van der Waals surface area contributed by atoms with Gasteiger partial charge in [-0.1, -0.05) is 52.5 Å². The highest BCUT2D eigenvalue weighted by molar-refractivity contribution is 6.42. The van der Waals surface area contributed by atoms with Crippen LogP contribution >= 0.6 is 46.4 Å². The Morgan fingerprint density at radius 2 is 1.76 bits per heavy atom. The van der Waals surface area contributed by atoms with E-state index in [1.165, 1.54) is 5.82 Å². The summed E-state index contributed by atoms with van der Waals surface area (Å²) in [6.45, 7) is 1.72. The number of aromatic nitrogens is 2. The molecule has 0 spiro atoms. The minimum absolute atomic E-state index is 0.569. The van der Waals surface area contributed by atoms with E-state index < -0.39 is 0 Å². The van der Waals surface area contributed by atoms with Gasteiger partial charge in [0.25, 0.3) is 5.82 Å². The quantitative estimate of drug-likeness (QED) is 0.463. The first kappa shape index (κ1) is 17.2. The van der Waals surface area contributed by atoms with E-state index in [4.69, 9.17) is 46.4 Å². The molecule has 25 heavy (non-hydrogen) atoms. The van der Waals surface area contributed by atoms with Crippen LogP contribution in [0.4, 0.5) is 0 Å². The summed E-state index contributed by atoms with van der Waals surface area (Å²) < 4.78 is 4.61. The Bertz CT molecular complexity index is 962. The predicted octanol–water partition coefficient (Wildman–Crippen LogP) is 6.05. The zero-order chi connectivity index (χ0) is 17.6. The number of benzene rings is 2. The lowest BCUT2D eigenvalue weighted by Gasteiger charge is -2.03. The Kier molecular flexibility index (Phi) is 4.72. The third kappa shape index (κ3) is 3.29. The average Bonchev–Trinajstić information content (AvgIpc) is 3.16. The minimum atomic E-state index is 0.569. The smallest absolute Gasteiger partial charge is 0.229 e. The van der Waals surface area contributed by atoms with Gasteiger partial charge < -0.3 is 0 Å². The molecule has 6 heteroatoms. The van der Waals surface area contributed by atoms with Gasteiger partial charge in [0, 0.05) is 21.2 Å². The topological polar surface area (TPSA) is 8.81 Å². The average molecular weight is 413 g/mol. The molecule has 2 heterocycles. The van der Waals surface area contributed by atoms with Crippen molar-refractivity contribution >= 4 is 46.4 Å². The Labute approximate surface area is 166 Å². The largest absolute Gasteiger partial charge is 0.257 e. The molecule has 3 aromatic rings. The highest BCUT2D eigenvalue weighted by atomic mass is 35.5. The Morgan fingerprint density at radius 3 is 2.52 bits per heavy atom. The van der Waals surface area contributed by atoms with Gasteiger partial charge >= 0.3 is 0 Å². The first-order valence-corrected chi connectivity index (χ1v) is 9.55. The van der Waals surface area contributed by atoms with Crippen LogP contribution < -0.4 is 4.57 Å². The maximum atomic E-state index is 6.36. The normalized spacial score (nSPS) is 13.3. The van der Waals surface area contributed by atoms with Gasteiger partial charge in [0.15, 0.2) is 5.69 Å². The summed E-state index contributed by atoms with van der Waals surface area (Å²) >= 11 is 24.6. The lowest BCUT2D eigenvalue weighted by atomic mass is 10.1. The van der Waals surface area contributed by atoms with E-state index in [-0.39, 0.29) is 0 Å². The molecule has 4 rings (SSSR count). The van der Waals surface area contributed by atoms with Crippen LogP contribution in [0.3, 0.4) is 0 Å². The van der Waals surface area contributed by atoms with Crippen LogP contribution in [0.2, 0.25) is 20.1 Å². The second-order valence-electron chi connectivity index (χ2n) is 6.18. The number of imidazole rings is 1. The van der Waals surface area contributed by atoms with Gasteiger partial charge in [-0.05, 0) is 36.8 Å². The minimum Gasteiger partial charge on any atom is -0.229 e. The molecule has 0 saturated carbocycles. The van der Waals surface area contributed by atoms with Crippen molar-refractivity contribution in [3.05, 3.63) is 74.1 Å². The molecular weight excluding hydrogens is 398 g/mol. The number of hydrogen-bond acceptors (Lipinski definition) is 0. The fourth-order valence-corrected chi connectivity index (χ4v) is 4.13. The van der Waals surface area contributed by atoms with Crippen LogP contribution in [0.15, 0.2) is 42.6 Å². The van der Waals surface area contributed by atoms with Gasteiger partial charge in [0.05, 0.1) is 23.0 Å². The van der Waals surface area contributed by atoms with Gasteiger partial charge in [-0.2, -0.15) is 0 Å². The summed E-state index contributed by atoms with van der Waals surface area (Å²) in [6.07, 6.45) is 4.35. The van der Waals surface area contributed by atoms with Crippen molar-refractivity contribution in [1.82, 2.24) is 4.57 Å². The van der Waals surface area contributed by atoms with Crippen molar-refractivity contribution in [2.45, 2.75) is 25.9 Å². The molecule has 0 unspecified atom stereocenters. The van der Waals surface area contributed by atoms with Gasteiger partial charge in [0.1, 0.15) is 12.7 Å². The fraction of sp³-hybridized carbons (Fsp3) is 0.211. The lowest BCUT2D eigenvalue weighted by Crippen LogP contribution is -2.36. The number of fused-ring (bicyclic) bond motifs is 1. The molecule has 0 aliphatic carbocycles. The van der Waals surface area contributed by atoms with Gasteiger partial charge in [0.2, 0.25) is 0 Å². The van der Waals surface area contributed by atoms with E-state index in [0.717, 1.165) is 36.2 Å². The standard InChI is InChI=1S/C19H15Cl4N2/c20-14-5-3-13(16(22)9-14)10-24-11-18(25-7-1-2-19(24)25)12-4-6-15(21)17(23)8-12/h3-6,8-9,11H,1-2,7,10H2/q+1. The second-order valence-corrected chi connectivity index (χ2v) is 7.84. The lowest BCUT2D eigenvalue weighted by molar-refractivity contribution is -0.694. The third-order valence-corrected chi connectivity index (χ3v) is 5.89. The summed E-state index contributed by atoms with van der Waals surface area (Å²) in [5.74, 6) is 1.30. The Balaban J connectivity index is 1.76. The number of halogens is 4. The fourth-order valence-electron chi connectivity index (χ4n) is 3.37. The molecule has 1 aromatic heterocycles. The predicted molar refractivity (Wildman–Crippen MR) is 104 cm³/mol. The first-order valence-electron chi connectivity index (χ1n) is 8.04. The summed E-state index contributed by atoms with van der Waals surface area (Å²) in [5, 5.41) is 2.48. The molecule has 1 aliphatic rings. The molecule has 0 atom stereocenters. The number of nitrogens with zero attached hydrogens (tertiary/aromatic N) is 2. The van der Waals surface area contributed by atoms with E-state index in [9.17, 15) is 0 Å². The van der Waals surface area contributed by atoms with Crippen LogP contribution in [0, 0.1) is 0 Å². The zero-order valence-electron chi connectivity index (χ0n) is 13.3. The van der Waals surface area contributed by atoms with Gasteiger partial charge in [-0.15, -0.1) is 0 Å². The third-order valence-electron chi connectivity index (χ3n) is 4.57. The van der Waals surface area contributed by atoms with Crippen molar-refractivity contribution in [2.75, 3.05) is 0 Å². The first-order chi connectivity index (χ1) is 12.0. The van der Waals surface area contributed by atoms with E-state index in [1.54, 1.807) is 6.07 Å². The maximum Gasteiger partial charge on any atom is 0.257 e. The molecule has 0 amide bonds. The monoisotopic (exact) mass is 411 g/mol. The van der Waals surface area contributed by atoms with Gasteiger partial charge in [-0.3, -0.25) is 0 Å². The van der Waals surface area contributed by atoms with Crippen LogP contribution in [-0.4, -0.2) is 4.57 Å². The molecule has 0 fully saturated rings. The molecular formula is C19H15Cl4N2+. The van der Waals surface area contributed by atoms with E-state index in [2.05, 4.69) is 15.3 Å². The summed E-state index contributed by atoms with van der Waals surface area (Å²) in [4.78, 5) is 0. The second kappa shape index (κ2) is 6.85. The molecule has 0 N–H and O–H groups in total. The number of hydrogen-bond donors (Lipinski definition) is 0. The van der Waals surface area contributed by atoms with Crippen molar-refractivity contribution in [3.63, 3.8) is 0 Å². The van der Waals surface area contributed by atoms with E-state index in [0.29, 0.717) is 26.6 Å². The summed E-state index contributed by atoms with van der Waals surface area (Å²) in [6, 6.07) is 11.4. The SMILES string of the molecule is Clc1ccc(C[n+]2cc(-c3ccc(Cl)c(Cl)c3)n3c2CCC3)c(Cl)c1. The van der Waals surface area contributed by atoms with Crippen LogP contribution in [0.5, 0.6) is 0 Å². The van der Waals surface area contributed by atoms with Crippen molar-refractivity contribution in [2.24, 2.45) is 0 Å². The highest BCUT2D eigenvalue weighted by Gasteiger charge is 2.29. The molecule has 2 nitrogen and oxygen atoms in total. The maximum absolute atomic E-state index is 6.36. The molecule has 0 radical (unpaired) electrons. The summed E-state index contributed by atoms with van der Waals surface area (Å²) in [5.41, 5.74) is 3.27. The van der Waals surface area contributed by atoms with E-state index >= 15 is 0 Å². The molecule has 0 bridgehead atoms. The Hall–Kier alpha value is -1.19. The number of rotatable bonds is 3. The van der Waals surface area contributed by atoms with Crippen LogP contribution in [-0.2, 0) is 19.5 Å². The molecule has 128 valence electrons. The van der Waals surface area contributed by atoms with Crippen molar-refractivity contribution in [3.8, 4) is 11.3 Å². The van der Waals surface area contributed by atoms with Crippen molar-refractivity contribution in [1.29, 1.82) is 0 Å². The van der Waals surface area contributed by atoms with E-state index in [1.807, 2.05) is 30.3 Å². The van der Waals surface area contributed by atoms with Crippen molar-refractivity contribution < 1.29 is 4.57 Å². The zero-order valence-corrected chi connectivity index (χ0v) is 16.3. The van der Waals surface area contributed by atoms with Crippen LogP contribution in [0.25, 0.3) is 11.3 Å². The molecule has 2 aromatic carbocycles. The van der Waals surface area contributed by atoms with Gasteiger partial charge in [-0.25, -0.2) is 9.13 Å². The molecule has 0 saturated heterocycles. The van der Waals surface area contributed by atoms with Crippen LogP contribution in [0.1, 0.15) is 17.8 Å². The molecule has 1 aliphatic heterocycles.